The van der Waals surface area contributed by atoms with E-state index in [2.05, 4.69) is 53.6 Å². The van der Waals surface area contributed by atoms with Gasteiger partial charge in [-0.1, -0.05) is 48.5 Å². The molecule has 2 N–H and O–H groups in total. The van der Waals surface area contributed by atoms with Crippen molar-refractivity contribution < 1.29 is 4.79 Å². The van der Waals surface area contributed by atoms with Crippen molar-refractivity contribution in [3.63, 3.8) is 0 Å². The zero-order valence-electron chi connectivity index (χ0n) is 15.3. The van der Waals surface area contributed by atoms with Gasteiger partial charge in [0.15, 0.2) is 0 Å². The van der Waals surface area contributed by atoms with Gasteiger partial charge in [0, 0.05) is 30.7 Å². The summed E-state index contributed by atoms with van der Waals surface area (Å²) in [4.78, 5) is 14.5. The van der Waals surface area contributed by atoms with E-state index in [0.717, 1.165) is 29.5 Å². The molecule has 3 rings (SSSR count). The molecule has 0 bridgehead atoms. The first-order valence-corrected chi connectivity index (χ1v) is 9.01. The van der Waals surface area contributed by atoms with Gasteiger partial charge in [-0.3, -0.25) is 0 Å². The number of anilines is 2. The van der Waals surface area contributed by atoms with Gasteiger partial charge in [0.25, 0.3) is 0 Å². The van der Waals surface area contributed by atoms with Gasteiger partial charge in [-0.05, 0) is 43.0 Å². The molecule has 0 aliphatic rings. The minimum Gasteiger partial charge on any atom is -0.370 e. The van der Waals surface area contributed by atoms with Gasteiger partial charge >= 0.3 is 6.03 Å². The van der Waals surface area contributed by atoms with E-state index in [9.17, 15) is 4.79 Å². The van der Waals surface area contributed by atoms with E-state index in [1.807, 2.05) is 42.5 Å². The topological polar surface area (TPSA) is 44.4 Å². The lowest BCUT2D eigenvalue weighted by molar-refractivity contribution is 0.252. The van der Waals surface area contributed by atoms with Crippen LogP contribution in [0.25, 0.3) is 10.8 Å². The summed E-state index contributed by atoms with van der Waals surface area (Å²) >= 11 is 0. The number of fused-ring (bicyclic) bond motifs is 1. The second-order valence-electron chi connectivity index (χ2n) is 6.33. The molecule has 26 heavy (non-hydrogen) atoms. The lowest BCUT2D eigenvalue weighted by Gasteiger charge is -2.23. The van der Waals surface area contributed by atoms with Gasteiger partial charge < -0.3 is 15.5 Å². The van der Waals surface area contributed by atoms with Crippen molar-refractivity contribution in [2.75, 3.05) is 29.9 Å². The number of nitrogens with one attached hydrogen (secondary N) is 2. The Kier molecular flexibility index (Phi) is 5.74. The highest BCUT2D eigenvalue weighted by molar-refractivity contribution is 6.01. The second kappa shape index (κ2) is 8.39. The lowest BCUT2D eigenvalue weighted by atomic mass is 10.1. The summed E-state index contributed by atoms with van der Waals surface area (Å²) in [6.07, 6.45) is 0. The van der Waals surface area contributed by atoms with Crippen molar-refractivity contribution in [1.29, 1.82) is 0 Å². The summed E-state index contributed by atoms with van der Waals surface area (Å²) < 4.78 is 0. The number of urea groups is 1. The molecule has 4 nitrogen and oxygen atoms in total. The first-order chi connectivity index (χ1) is 12.7. The van der Waals surface area contributed by atoms with Crippen LogP contribution in [0.1, 0.15) is 12.5 Å². The van der Waals surface area contributed by atoms with Gasteiger partial charge in [0.1, 0.15) is 0 Å². The Labute approximate surface area is 154 Å². The highest BCUT2D eigenvalue weighted by atomic mass is 16.2. The van der Waals surface area contributed by atoms with Gasteiger partial charge in [-0.2, -0.15) is 0 Å². The van der Waals surface area contributed by atoms with E-state index in [0.29, 0.717) is 6.54 Å². The third-order valence-corrected chi connectivity index (χ3v) is 4.45. The smallest absolute Gasteiger partial charge is 0.319 e. The van der Waals surface area contributed by atoms with Crippen LogP contribution in [0.4, 0.5) is 16.2 Å². The van der Waals surface area contributed by atoms with E-state index in [1.54, 1.807) is 0 Å². The third-order valence-electron chi connectivity index (χ3n) is 4.45. The van der Waals surface area contributed by atoms with Gasteiger partial charge in [-0.25, -0.2) is 4.79 Å². The van der Waals surface area contributed by atoms with Crippen LogP contribution in [0.2, 0.25) is 0 Å². The summed E-state index contributed by atoms with van der Waals surface area (Å²) in [6.45, 7) is 6.46. The molecule has 0 unspecified atom stereocenters. The molecule has 0 fully saturated rings. The number of hydrogen-bond donors (Lipinski definition) is 2. The molecule has 0 saturated heterocycles. The molecule has 0 radical (unpaired) electrons. The number of likely N-dealkylation sites (N-methyl/N-ethyl adjacent to an activating group) is 1. The third kappa shape index (κ3) is 4.33. The van der Waals surface area contributed by atoms with Crippen LogP contribution in [0, 0.1) is 6.92 Å². The van der Waals surface area contributed by atoms with Crippen molar-refractivity contribution in [2.24, 2.45) is 0 Å². The van der Waals surface area contributed by atoms with E-state index >= 15 is 0 Å². The molecular formula is C22H25N3O. The first-order valence-electron chi connectivity index (χ1n) is 9.01. The van der Waals surface area contributed by atoms with Crippen molar-refractivity contribution >= 4 is 28.2 Å². The SMILES string of the molecule is CCN(CCNC(=O)Nc1cccc2ccccc12)c1cccc(C)c1. The number of hydrogen-bond acceptors (Lipinski definition) is 2. The fourth-order valence-corrected chi connectivity index (χ4v) is 3.10. The minimum absolute atomic E-state index is 0.179. The minimum atomic E-state index is -0.179. The normalized spacial score (nSPS) is 10.5. The molecule has 0 saturated carbocycles. The van der Waals surface area contributed by atoms with Crippen molar-refractivity contribution in [3.05, 3.63) is 72.3 Å². The Hall–Kier alpha value is -3.01. The summed E-state index contributed by atoms with van der Waals surface area (Å²) in [6, 6.07) is 22.2. The zero-order valence-corrected chi connectivity index (χ0v) is 15.3. The number of benzene rings is 3. The summed E-state index contributed by atoms with van der Waals surface area (Å²) in [5, 5.41) is 8.06. The number of aryl methyl sites for hydroxylation is 1. The number of carbonyl (C=O) groups excluding carboxylic acids is 1. The average Bonchev–Trinajstić information content (AvgIpc) is 2.65. The quantitative estimate of drug-likeness (QED) is 0.673. The Bertz CT molecular complexity index is 886. The lowest BCUT2D eigenvalue weighted by Crippen LogP contribution is -2.37. The molecule has 3 aromatic carbocycles. The van der Waals surface area contributed by atoms with E-state index < -0.39 is 0 Å². The van der Waals surface area contributed by atoms with Gasteiger partial charge in [0.2, 0.25) is 0 Å². The van der Waals surface area contributed by atoms with E-state index in [4.69, 9.17) is 0 Å². The van der Waals surface area contributed by atoms with Crippen LogP contribution in [0.15, 0.2) is 66.7 Å². The first kappa shape index (κ1) is 17.8. The van der Waals surface area contributed by atoms with Crippen molar-refractivity contribution in [2.45, 2.75) is 13.8 Å². The maximum Gasteiger partial charge on any atom is 0.319 e. The molecule has 0 aromatic heterocycles. The van der Waals surface area contributed by atoms with Gasteiger partial charge in [0.05, 0.1) is 5.69 Å². The molecule has 0 atom stereocenters. The monoisotopic (exact) mass is 347 g/mol. The Morgan fingerprint density at radius 2 is 1.77 bits per heavy atom. The molecule has 0 aliphatic carbocycles. The highest BCUT2D eigenvalue weighted by Crippen LogP contribution is 2.22. The maximum absolute atomic E-state index is 12.3. The Morgan fingerprint density at radius 3 is 2.58 bits per heavy atom. The summed E-state index contributed by atoms with van der Waals surface area (Å²) in [7, 11) is 0. The molecule has 3 aromatic rings. The number of carbonyl (C=O) groups is 1. The van der Waals surface area contributed by atoms with Crippen molar-refractivity contribution in [3.8, 4) is 0 Å². The van der Waals surface area contributed by atoms with E-state index in [1.165, 1.54) is 11.3 Å². The molecule has 0 aliphatic heterocycles. The fraction of sp³-hybridized carbons (Fsp3) is 0.227. The van der Waals surface area contributed by atoms with Gasteiger partial charge in [-0.15, -0.1) is 0 Å². The van der Waals surface area contributed by atoms with Crippen LogP contribution in [0.3, 0.4) is 0 Å². The number of amides is 2. The zero-order chi connectivity index (χ0) is 18.4. The van der Waals surface area contributed by atoms with E-state index in [-0.39, 0.29) is 6.03 Å². The fourth-order valence-electron chi connectivity index (χ4n) is 3.10. The summed E-state index contributed by atoms with van der Waals surface area (Å²) in [5.74, 6) is 0. The maximum atomic E-state index is 12.3. The predicted octanol–water partition coefficient (Wildman–Crippen LogP) is 4.80. The number of nitrogens with zero attached hydrogens (tertiary/aromatic N) is 1. The highest BCUT2D eigenvalue weighted by Gasteiger charge is 2.07. The molecule has 0 heterocycles. The molecular weight excluding hydrogens is 322 g/mol. The summed E-state index contributed by atoms with van der Waals surface area (Å²) in [5.41, 5.74) is 3.25. The molecule has 4 heteroatoms. The second-order valence-corrected chi connectivity index (χ2v) is 6.33. The molecule has 0 spiro atoms. The Balaban J connectivity index is 1.57. The van der Waals surface area contributed by atoms with Crippen molar-refractivity contribution in [1.82, 2.24) is 5.32 Å². The van der Waals surface area contributed by atoms with Crippen LogP contribution in [-0.2, 0) is 0 Å². The van der Waals surface area contributed by atoms with Crippen LogP contribution in [0.5, 0.6) is 0 Å². The van der Waals surface area contributed by atoms with Crippen LogP contribution in [-0.4, -0.2) is 25.7 Å². The van der Waals surface area contributed by atoms with Crippen LogP contribution < -0.4 is 15.5 Å². The largest absolute Gasteiger partial charge is 0.370 e. The number of rotatable bonds is 6. The average molecular weight is 347 g/mol. The predicted molar refractivity (Wildman–Crippen MR) is 110 cm³/mol. The van der Waals surface area contributed by atoms with Crippen LogP contribution >= 0.6 is 0 Å². The molecule has 134 valence electrons. The molecule has 2 amide bonds. The standard InChI is InChI=1S/C22H25N3O/c1-3-25(19-11-6-8-17(2)16-19)15-14-23-22(26)24-21-13-7-10-18-9-4-5-12-20(18)21/h4-13,16H,3,14-15H2,1-2H3,(H2,23,24,26). The Morgan fingerprint density at radius 1 is 1.00 bits per heavy atom.